The Balaban J connectivity index is 2.00. The van der Waals surface area contributed by atoms with Crippen molar-refractivity contribution in [3.05, 3.63) is 24.3 Å². The molecule has 96 valence electrons. The van der Waals surface area contributed by atoms with Crippen molar-refractivity contribution in [2.45, 2.75) is 19.9 Å². The first-order chi connectivity index (χ1) is 8.79. The van der Waals surface area contributed by atoms with Gasteiger partial charge in [-0.3, -0.25) is 5.10 Å². The summed E-state index contributed by atoms with van der Waals surface area (Å²) in [6, 6.07) is 3.56. The van der Waals surface area contributed by atoms with Crippen LogP contribution in [0, 0.1) is 0 Å². The monoisotopic (exact) mass is 248 g/mol. The number of ether oxygens (including phenoxy) is 1. The smallest absolute Gasteiger partial charge is 0.239 e. The normalized spacial score (nSPS) is 10.3. The van der Waals surface area contributed by atoms with Gasteiger partial charge in [0.2, 0.25) is 5.88 Å². The van der Waals surface area contributed by atoms with Gasteiger partial charge in [-0.1, -0.05) is 6.92 Å². The van der Waals surface area contributed by atoms with E-state index in [0.29, 0.717) is 30.5 Å². The molecule has 0 atom stereocenters. The molecule has 0 radical (unpaired) electrons. The highest BCUT2D eigenvalue weighted by Gasteiger charge is 2.04. The van der Waals surface area contributed by atoms with Gasteiger partial charge in [0.05, 0.1) is 18.8 Å². The zero-order valence-corrected chi connectivity index (χ0v) is 10.2. The molecule has 2 heterocycles. The second-order valence-corrected chi connectivity index (χ2v) is 3.73. The third-order valence-electron chi connectivity index (χ3n) is 2.23. The Morgan fingerprint density at radius 3 is 3.06 bits per heavy atom. The molecule has 0 aliphatic heterocycles. The van der Waals surface area contributed by atoms with Crippen LogP contribution in [0.3, 0.4) is 0 Å². The summed E-state index contributed by atoms with van der Waals surface area (Å²) in [7, 11) is 0. The largest absolute Gasteiger partial charge is 0.476 e. The molecule has 4 N–H and O–H groups in total. The summed E-state index contributed by atoms with van der Waals surface area (Å²) in [5.74, 6) is 1.88. The third kappa shape index (κ3) is 3.09. The SMILES string of the molecule is CCCOc1nc(NCc2ncn[nH]2)ccc1N. The first kappa shape index (κ1) is 12.2. The van der Waals surface area contributed by atoms with Gasteiger partial charge in [-0.05, 0) is 18.6 Å². The topological polar surface area (TPSA) is 102 Å². The predicted octanol–water partition coefficient (Wildman–Crippen LogP) is 1.18. The average molecular weight is 248 g/mol. The van der Waals surface area contributed by atoms with Gasteiger partial charge in [-0.2, -0.15) is 10.1 Å². The number of nitrogens with one attached hydrogen (secondary N) is 2. The van der Waals surface area contributed by atoms with Crippen molar-refractivity contribution in [3.63, 3.8) is 0 Å². The van der Waals surface area contributed by atoms with E-state index in [-0.39, 0.29) is 0 Å². The molecular formula is C11H16N6O. The number of nitrogens with zero attached hydrogens (tertiary/aromatic N) is 3. The standard InChI is InChI=1S/C11H16N6O/c1-2-5-18-11-8(12)3-4-9(16-11)13-6-10-14-7-15-17-10/h3-4,7H,2,5-6,12H2,1H3,(H,13,16)(H,14,15,17). The number of nitrogen functional groups attached to an aromatic ring is 1. The number of pyridine rings is 1. The quantitative estimate of drug-likeness (QED) is 0.709. The predicted molar refractivity (Wildman–Crippen MR) is 68.1 cm³/mol. The van der Waals surface area contributed by atoms with Crippen LogP contribution in [-0.4, -0.2) is 26.8 Å². The Morgan fingerprint density at radius 2 is 2.33 bits per heavy atom. The molecular weight excluding hydrogens is 232 g/mol. The minimum Gasteiger partial charge on any atom is -0.476 e. The van der Waals surface area contributed by atoms with Crippen LogP contribution in [0.4, 0.5) is 11.5 Å². The number of H-pyrrole nitrogens is 1. The second kappa shape index (κ2) is 5.85. The van der Waals surface area contributed by atoms with Crippen LogP contribution in [0.1, 0.15) is 19.2 Å². The average Bonchev–Trinajstić information content (AvgIpc) is 2.89. The zero-order chi connectivity index (χ0) is 12.8. The molecule has 7 heteroatoms. The highest BCUT2D eigenvalue weighted by atomic mass is 16.5. The fourth-order valence-electron chi connectivity index (χ4n) is 1.35. The van der Waals surface area contributed by atoms with E-state index < -0.39 is 0 Å². The van der Waals surface area contributed by atoms with Crippen LogP contribution in [0.5, 0.6) is 5.88 Å². The van der Waals surface area contributed by atoms with E-state index in [2.05, 4.69) is 25.5 Å². The first-order valence-electron chi connectivity index (χ1n) is 5.77. The van der Waals surface area contributed by atoms with Crippen molar-refractivity contribution < 1.29 is 4.74 Å². The molecule has 0 bridgehead atoms. The fourth-order valence-corrected chi connectivity index (χ4v) is 1.35. The molecule has 2 aromatic rings. The summed E-state index contributed by atoms with van der Waals surface area (Å²) >= 11 is 0. The Hall–Kier alpha value is -2.31. The van der Waals surface area contributed by atoms with Crippen molar-refractivity contribution in [1.29, 1.82) is 0 Å². The van der Waals surface area contributed by atoms with E-state index in [1.807, 2.05) is 6.92 Å². The Morgan fingerprint density at radius 1 is 1.44 bits per heavy atom. The molecule has 7 nitrogen and oxygen atoms in total. The molecule has 0 aromatic carbocycles. The van der Waals surface area contributed by atoms with Crippen LogP contribution in [-0.2, 0) is 6.54 Å². The molecule has 0 aliphatic carbocycles. The summed E-state index contributed by atoms with van der Waals surface area (Å²) in [5.41, 5.74) is 6.31. The summed E-state index contributed by atoms with van der Waals surface area (Å²) in [4.78, 5) is 8.30. The van der Waals surface area contributed by atoms with Gasteiger partial charge < -0.3 is 15.8 Å². The van der Waals surface area contributed by atoms with Gasteiger partial charge in [-0.25, -0.2) is 4.98 Å². The van der Waals surface area contributed by atoms with E-state index in [1.54, 1.807) is 12.1 Å². The molecule has 0 amide bonds. The molecule has 0 aliphatic rings. The van der Waals surface area contributed by atoms with E-state index in [4.69, 9.17) is 10.5 Å². The van der Waals surface area contributed by atoms with Gasteiger partial charge in [0.25, 0.3) is 0 Å². The molecule has 0 spiro atoms. The lowest BCUT2D eigenvalue weighted by atomic mass is 10.4. The molecule has 0 fully saturated rings. The Kier molecular flexibility index (Phi) is 3.95. The zero-order valence-electron chi connectivity index (χ0n) is 10.2. The maximum atomic E-state index is 5.78. The lowest BCUT2D eigenvalue weighted by Gasteiger charge is -2.09. The van der Waals surface area contributed by atoms with Gasteiger partial charge >= 0.3 is 0 Å². The number of anilines is 2. The lowest BCUT2D eigenvalue weighted by molar-refractivity contribution is 0.307. The van der Waals surface area contributed by atoms with Crippen LogP contribution < -0.4 is 15.8 Å². The Bertz CT molecular complexity index is 484. The van der Waals surface area contributed by atoms with Crippen LogP contribution in [0.25, 0.3) is 0 Å². The fraction of sp³-hybridized carbons (Fsp3) is 0.364. The highest BCUT2D eigenvalue weighted by Crippen LogP contribution is 2.21. The number of rotatable bonds is 6. The minimum absolute atomic E-state index is 0.458. The minimum atomic E-state index is 0.458. The van der Waals surface area contributed by atoms with Gasteiger partial charge in [0.1, 0.15) is 18.0 Å². The van der Waals surface area contributed by atoms with Gasteiger partial charge in [0.15, 0.2) is 0 Å². The first-order valence-corrected chi connectivity index (χ1v) is 5.77. The number of aromatic amines is 1. The van der Waals surface area contributed by atoms with Crippen molar-refractivity contribution in [2.75, 3.05) is 17.7 Å². The molecule has 0 unspecified atom stereocenters. The van der Waals surface area contributed by atoms with Gasteiger partial charge in [0, 0.05) is 0 Å². The summed E-state index contributed by atoms with van der Waals surface area (Å²) < 4.78 is 5.45. The van der Waals surface area contributed by atoms with Crippen molar-refractivity contribution >= 4 is 11.5 Å². The van der Waals surface area contributed by atoms with Gasteiger partial charge in [-0.15, -0.1) is 0 Å². The molecule has 0 saturated carbocycles. The summed E-state index contributed by atoms with van der Waals surface area (Å²) in [5, 5.41) is 9.64. The number of nitrogens with two attached hydrogens (primary N) is 1. The molecule has 18 heavy (non-hydrogen) atoms. The Labute approximate surface area is 105 Å². The highest BCUT2D eigenvalue weighted by molar-refractivity contribution is 5.53. The van der Waals surface area contributed by atoms with Crippen LogP contribution in [0.15, 0.2) is 18.5 Å². The van der Waals surface area contributed by atoms with E-state index in [0.717, 1.165) is 12.2 Å². The second-order valence-electron chi connectivity index (χ2n) is 3.73. The number of hydrogen-bond acceptors (Lipinski definition) is 6. The van der Waals surface area contributed by atoms with Crippen molar-refractivity contribution in [3.8, 4) is 5.88 Å². The molecule has 2 rings (SSSR count). The third-order valence-corrected chi connectivity index (χ3v) is 2.23. The van der Waals surface area contributed by atoms with E-state index in [1.165, 1.54) is 6.33 Å². The maximum absolute atomic E-state index is 5.78. The number of hydrogen-bond donors (Lipinski definition) is 3. The lowest BCUT2D eigenvalue weighted by Crippen LogP contribution is -2.06. The summed E-state index contributed by atoms with van der Waals surface area (Å²) in [6.07, 6.45) is 2.38. The van der Waals surface area contributed by atoms with E-state index >= 15 is 0 Å². The van der Waals surface area contributed by atoms with Crippen LogP contribution in [0.2, 0.25) is 0 Å². The number of aromatic nitrogens is 4. The molecule has 0 saturated heterocycles. The summed E-state index contributed by atoms with van der Waals surface area (Å²) in [6.45, 7) is 3.15. The van der Waals surface area contributed by atoms with Crippen LogP contribution >= 0.6 is 0 Å². The van der Waals surface area contributed by atoms with Crippen molar-refractivity contribution in [1.82, 2.24) is 20.2 Å². The molecule has 2 aromatic heterocycles. The van der Waals surface area contributed by atoms with E-state index in [9.17, 15) is 0 Å². The van der Waals surface area contributed by atoms with Crippen molar-refractivity contribution in [2.24, 2.45) is 0 Å². The maximum Gasteiger partial charge on any atom is 0.239 e.